The van der Waals surface area contributed by atoms with Crippen molar-refractivity contribution in [1.29, 1.82) is 0 Å². The number of carboxylic acids is 1. The molecule has 15 heavy (non-hydrogen) atoms. The maximum absolute atomic E-state index is 11.1. The highest BCUT2D eigenvalue weighted by Gasteiger charge is 2.05. The predicted molar refractivity (Wildman–Crippen MR) is 58.6 cm³/mol. The lowest BCUT2D eigenvalue weighted by molar-refractivity contribution is -0.131. The standard InChI is InChI=1S/C9H17NO4S/c1-3-15(13,14)5-4-10-7-8(2)6-9(11)12/h6,10H,3-5,7H2,1-2H3,(H,11,12). The van der Waals surface area contributed by atoms with Crippen LogP contribution in [0, 0.1) is 0 Å². The third kappa shape index (κ3) is 8.14. The second-order valence-corrected chi connectivity index (χ2v) is 5.71. The van der Waals surface area contributed by atoms with Crippen LogP contribution in [0.1, 0.15) is 13.8 Å². The fourth-order valence-corrected chi connectivity index (χ4v) is 1.66. The molecule has 0 unspecified atom stereocenters. The van der Waals surface area contributed by atoms with Crippen LogP contribution in [0.15, 0.2) is 11.6 Å². The largest absolute Gasteiger partial charge is 0.478 e. The van der Waals surface area contributed by atoms with Gasteiger partial charge in [0.25, 0.3) is 0 Å². The number of hydrogen-bond acceptors (Lipinski definition) is 4. The first-order valence-electron chi connectivity index (χ1n) is 4.68. The highest BCUT2D eigenvalue weighted by atomic mass is 32.2. The van der Waals surface area contributed by atoms with E-state index in [1.807, 2.05) is 0 Å². The molecule has 0 heterocycles. The van der Waals surface area contributed by atoms with Gasteiger partial charge in [0.05, 0.1) is 5.75 Å². The lowest BCUT2D eigenvalue weighted by Crippen LogP contribution is -2.25. The topological polar surface area (TPSA) is 83.5 Å². The maximum atomic E-state index is 11.1. The summed E-state index contributed by atoms with van der Waals surface area (Å²) in [6.07, 6.45) is 1.10. The van der Waals surface area contributed by atoms with Gasteiger partial charge in [0.2, 0.25) is 0 Å². The highest BCUT2D eigenvalue weighted by Crippen LogP contribution is 1.90. The molecule has 0 saturated carbocycles. The van der Waals surface area contributed by atoms with Gasteiger partial charge in [0.1, 0.15) is 0 Å². The summed E-state index contributed by atoms with van der Waals surface area (Å²) in [5.41, 5.74) is 0.663. The van der Waals surface area contributed by atoms with Crippen LogP contribution in [0.3, 0.4) is 0 Å². The zero-order chi connectivity index (χ0) is 11.9. The molecule has 0 bridgehead atoms. The molecule has 5 nitrogen and oxygen atoms in total. The molecule has 88 valence electrons. The van der Waals surface area contributed by atoms with E-state index in [0.717, 1.165) is 6.08 Å². The van der Waals surface area contributed by atoms with E-state index in [0.29, 0.717) is 18.7 Å². The molecule has 0 atom stereocenters. The fourth-order valence-electron chi connectivity index (χ4n) is 0.919. The van der Waals surface area contributed by atoms with Gasteiger partial charge in [-0.25, -0.2) is 13.2 Å². The zero-order valence-electron chi connectivity index (χ0n) is 8.99. The first-order valence-corrected chi connectivity index (χ1v) is 6.50. The van der Waals surface area contributed by atoms with Crippen molar-refractivity contribution in [2.24, 2.45) is 0 Å². The van der Waals surface area contributed by atoms with Crippen molar-refractivity contribution in [1.82, 2.24) is 5.32 Å². The second kappa shape index (κ2) is 6.58. The lowest BCUT2D eigenvalue weighted by Gasteiger charge is -2.04. The van der Waals surface area contributed by atoms with E-state index in [1.54, 1.807) is 13.8 Å². The van der Waals surface area contributed by atoms with Crippen molar-refractivity contribution in [3.05, 3.63) is 11.6 Å². The molecule has 0 fully saturated rings. The Morgan fingerprint density at radius 3 is 2.53 bits per heavy atom. The summed E-state index contributed by atoms with van der Waals surface area (Å²) in [6.45, 7) is 4.02. The van der Waals surface area contributed by atoms with E-state index in [-0.39, 0.29) is 11.5 Å². The van der Waals surface area contributed by atoms with Gasteiger partial charge >= 0.3 is 5.97 Å². The number of aliphatic carboxylic acids is 1. The van der Waals surface area contributed by atoms with Crippen molar-refractivity contribution in [2.45, 2.75) is 13.8 Å². The van der Waals surface area contributed by atoms with Crippen LogP contribution in [0.5, 0.6) is 0 Å². The maximum Gasteiger partial charge on any atom is 0.328 e. The van der Waals surface area contributed by atoms with E-state index in [1.165, 1.54) is 0 Å². The molecule has 2 N–H and O–H groups in total. The highest BCUT2D eigenvalue weighted by molar-refractivity contribution is 7.91. The normalized spacial score (nSPS) is 12.8. The fraction of sp³-hybridized carbons (Fsp3) is 0.667. The Morgan fingerprint density at radius 1 is 1.47 bits per heavy atom. The Bertz CT molecular complexity index is 332. The Balaban J connectivity index is 3.78. The molecule has 0 spiro atoms. The third-order valence-corrected chi connectivity index (χ3v) is 3.51. The summed E-state index contributed by atoms with van der Waals surface area (Å²) in [6, 6.07) is 0. The minimum Gasteiger partial charge on any atom is -0.478 e. The van der Waals surface area contributed by atoms with Gasteiger partial charge in [0.15, 0.2) is 9.84 Å². The third-order valence-electron chi connectivity index (χ3n) is 1.80. The Kier molecular flexibility index (Phi) is 6.19. The van der Waals surface area contributed by atoms with E-state index < -0.39 is 15.8 Å². The van der Waals surface area contributed by atoms with Gasteiger partial charge in [-0.05, 0) is 6.92 Å². The molecule has 0 rings (SSSR count). The number of carbonyl (C=O) groups is 1. The van der Waals surface area contributed by atoms with Crippen LogP contribution in [0.4, 0.5) is 0 Å². The number of nitrogens with one attached hydrogen (secondary N) is 1. The molecule has 0 saturated heterocycles. The number of sulfone groups is 1. The zero-order valence-corrected chi connectivity index (χ0v) is 9.80. The smallest absolute Gasteiger partial charge is 0.328 e. The average Bonchev–Trinajstić information content (AvgIpc) is 2.11. The Labute approximate surface area is 90.1 Å². The van der Waals surface area contributed by atoms with Crippen molar-refractivity contribution in [2.75, 3.05) is 24.6 Å². The molecule has 0 aliphatic heterocycles. The second-order valence-electron chi connectivity index (χ2n) is 3.24. The van der Waals surface area contributed by atoms with E-state index >= 15 is 0 Å². The number of hydrogen-bond donors (Lipinski definition) is 2. The summed E-state index contributed by atoms with van der Waals surface area (Å²) >= 11 is 0. The minimum absolute atomic E-state index is 0.0872. The molecule has 0 aromatic rings. The molecule has 0 radical (unpaired) electrons. The van der Waals surface area contributed by atoms with E-state index in [2.05, 4.69) is 5.32 Å². The van der Waals surface area contributed by atoms with E-state index in [4.69, 9.17) is 5.11 Å². The Morgan fingerprint density at radius 2 is 2.07 bits per heavy atom. The van der Waals surface area contributed by atoms with Crippen molar-refractivity contribution in [3.63, 3.8) is 0 Å². The van der Waals surface area contributed by atoms with Gasteiger partial charge in [-0.15, -0.1) is 0 Å². The van der Waals surface area contributed by atoms with Crippen molar-refractivity contribution in [3.8, 4) is 0 Å². The van der Waals surface area contributed by atoms with Gasteiger partial charge < -0.3 is 10.4 Å². The van der Waals surface area contributed by atoms with Gasteiger partial charge in [-0.2, -0.15) is 0 Å². The summed E-state index contributed by atoms with van der Waals surface area (Å²) in [7, 11) is -2.94. The van der Waals surface area contributed by atoms with Gasteiger partial charge in [-0.3, -0.25) is 0 Å². The molecular formula is C9H17NO4S. The minimum atomic E-state index is -2.94. The summed E-state index contributed by atoms with van der Waals surface area (Å²) in [4.78, 5) is 10.2. The summed E-state index contributed by atoms with van der Waals surface area (Å²) in [5.74, 6) is -0.766. The van der Waals surface area contributed by atoms with Crippen LogP contribution in [0.25, 0.3) is 0 Å². The Hall–Kier alpha value is -0.880. The average molecular weight is 235 g/mol. The summed E-state index contributed by atoms with van der Waals surface area (Å²) in [5, 5.41) is 11.3. The predicted octanol–water partition coefficient (Wildman–Crippen LogP) is 0.0416. The molecule has 0 amide bonds. The first kappa shape index (κ1) is 14.1. The van der Waals surface area contributed by atoms with Crippen LogP contribution in [-0.4, -0.2) is 44.1 Å². The lowest BCUT2D eigenvalue weighted by atomic mass is 10.3. The monoisotopic (exact) mass is 235 g/mol. The quantitative estimate of drug-likeness (QED) is 0.481. The molecule has 0 aliphatic rings. The number of carboxylic acid groups (broad SMARTS) is 1. The van der Waals surface area contributed by atoms with Crippen LogP contribution in [-0.2, 0) is 14.6 Å². The van der Waals surface area contributed by atoms with Crippen molar-refractivity contribution >= 4 is 15.8 Å². The van der Waals surface area contributed by atoms with Crippen LogP contribution >= 0.6 is 0 Å². The molecular weight excluding hydrogens is 218 g/mol. The van der Waals surface area contributed by atoms with E-state index in [9.17, 15) is 13.2 Å². The molecule has 0 aromatic carbocycles. The molecule has 0 aromatic heterocycles. The SMILES string of the molecule is CCS(=O)(=O)CCNCC(C)=CC(=O)O. The van der Waals surface area contributed by atoms with Crippen LogP contribution in [0.2, 0.25) is 0 Å². The van der Waals surface area contributed by atoms with Crippen molar-refractivity contribution < 1.29 is 18.3 Å². The molecule has 6 heteroatoms. The first-order chi connectivity index (χ1) is 6.87. The summed E-state index contributed by atoms with van der Waals surface area (Å²) < 4.78 is 22.1. The molecule has 0 aliphatic carbocycles. The van der Waals surface area contributed by atoms with Gasteiger partial charge in [0, 0.05) is 24.9 Å². The van der Waals surface area contributed by atoms with Crippen LogP contribution < -0.4 is 5.32 Å². The number of rotatable bonds is 7. The van der Waals surface area contributed by atoms with Gasteiger partial charge in [-0.1, -0.05) is 12.5 Å².